The molecular formula is C13H19FN2O4. The van der Waals surface area contributed by atoms with Crippen LogP contribution < -0.4 is 5.32 Å². The van der Waals surface area contributed by atoms with E-state index < -0.39 is 10.7 Å². The molecule has 0 aliphatic carbocycles. The van der Waals surface area contributed by atoms with Crippen LogP contribution in [0.3, 0.4) is 0 Å². The number of nitrogens with zero attached hydrogens (tertiary/aromatic N) is 1. The predicted molar refractivity (Wildman–Crippen MR) is 73.2 cm³/mol. The number of ether oxygens (including phenoxy) is 2. The Balaban J connectivity index is 2.58. The SMILES string of the molecule is CCOC(CCNc1ccc(F)cc1[N+](=O)[O-])OCC. The molecule has 20 heavy (non-hydrogen) atoms. The van der Waals surface area contributed by atoms with Crippen LogP contribution in [0, 0.1) is 15.9 Å². The minimum absolute atomic E-state index is 0.281. The van der Waals surface area contributed by atoms with Crippen LogP contribution in [-0.2, 0) is 9.47 Å². The first-order chi connectivity index (χ1) is 9.58. The van der Waals surface area contributed by atoms with Gasteiger partial charge in [0.1, 0.15) is 11.5 Å². The Bertz CT molecular complexity index is 436. The van der Waals surface area contributed by atoms with E-state index >= 15 is 0 Å². The second-order valence-electron chi connectivity index (χ2n) is 3.97. The zero-order valence-electron chi connectivity index (χ0n) is 11.6. The van der Waals surface area contributed by atoms with E-state index in [9.17, 15) is 14.5 Å². The average molecular weight is 286 g/mol. The summed E-state index contributed by atoms with van der Waals surface area (Å²) in [6.45, 7) is 5.22. The maximum atomic E-state index is 13.0. The van der Waals surface area contributed by atoms with Gasteiger partial charge in [0.05, 0.1) is 11.0 Å². The highest BCUT2D eigenvalue weighted by Crippen LogP contribution is 2.24. The fourth-order valence-electron chi connectivity index (χ4n) is 1.72. The molecule has 0 atom stereocenters. The van der Waals surface area contributed by atoms with E-state index in [1.807, 2.05) is 13.8 Å². The maximum absolute atomic E-state index is 13.0. The van der Waals surface area contributed by atoms with Gasteiger partial charge in [-0.15, -0.1) is 0 Å². The number of nitro benzene ring substituents is 1. The first kappa shape index (κ1) is 16.3. The van der Waals surface area contributed by atoms with Gasteiger partial charge in [0.2, 0.25) is 0 Å². The molecule has 0 fully saturated rings. The van der Waals surface area contributed by atoms with E-state index in [1.54, 1.807) is 0 Å². The highest BCUT2D eigenvalue weighted by atomic mass is 19.1. The summed E-state index contributed by atoms with van der Waals surface area (Å²) in [7, 11) is 0. The topological polar surface area (TPSA) is 73.6 Å². The van der Waals surface area contributed by atoms with Crippen LogP contribution in [0.1, 0.15) is 20.3 Å². The molecule has 7 heteroatoms. The van der Waals surface area contributed by atoms with Crippen molar-refractivity contribution in [1.29, 1.82) is 0 Å². The molecule has 6 nitrogen and oxygen atoms in total. The third-order valence-electron chi connectivity index (χ3n) is 2.56. The van der Waals surface area contributed by atoms with Crippen LogP contribution >= 0.6 is 0 Å². The van der Waals surface area contributed by atoms with Gasteiger partial charge in [-0.1, -0.05) is 0 Å². The van der Waals surface area contributed by atoms with Gasteiger partial charge < -0.3 is 14.8 Å². The number of anilines is 1. The molecule has 0 heterocycles. The van der Waals surface area contributed by atoms with Gasteiger partial charge in [0.25, 0.3) is 5.69 Å². The van der Waals surface area contributed by atoms with Crippen molar-refractivity contribution >= 4 is 11.4 Å². The zero-order chi connectivity index (χ0) is 15.0. The highest BCUT2D eigenvalue weighted by Gasteiger charge is 2.15. The molecule has 0 spiro atoms. The van der Waals surface area contributed by atoms with Gasteiger partial charge in [-0.2, -0.15) is 0 Å². The Morgan fingerprint density at radius 1 is 1.35 bits per heavy atom. The lowest BCUT2D eigenvalue weighted by Gasteiger charge is -2.17. The van der Waals surface area contributed by atoms with Gasteiger partial charge in [0.15, 0.2) is 6.29 Å². The summed E-state index contributed by atoms with van der Waals surface area (Å²) in [6.07, 6.45) is 0.188. The van der Waals surface area contributed by atoms with Crippen LogP contribution in [0.5, 0.6) is 0 Å². The quantitative estimate of drug-likeness (QED) is 0.429. The molecule has 0 saturated heterocycles. The average Bonchev–Trinajstić information content (AvgIpc) is 2.40. The zero-order valence-corrected chi connectivity index (χ0v) is 11.6. The van der Waals surface area contributed by atoms with Gasteiger partial charge in [-0.3, -0.25) is 10.1 Å². The number of halogens is 1. The standard InChI is InChI=1S/C13H19FN2O4/c1-3-19-13(20-4-2)7-8-15-11-6-5-10(14)9-12(11)16(17)18/h5-6,9,13,15H,3-4,7-8H2,1-2H3. The van der Waals surface area contributed by atoms with Crippen molar-refractivity contribution in [3.63, 3.8) is 0 Å². The third-order valence-corrected chi connectivity index (χ3v) is 2.56. The van der Waals surface area contributed by atoms with Crippen LogP contribution in [0.2, 0.25) is 0 Å². The van der Waals surface area contributed by atoms with E-state index in [-0.39, 0.29) is 17.7 Å². The van der Waals surface area contributed by atoms with Crippen molar-refractivity contribution in [3.05, 3.63) is 34.1 Å². The molecule has 0 aliphatic heterocycles. The van der Waals surface area contributed by atoms with E-state index in [0.717, 1.165) is 6.07 Å². The number of hydrogen-bond acceptors (Lipinski definition) is 5. The Kier molecular flexibility index (Phi) is 6.89. The largest absolute Gasteiger partial charge is 0.379 e. The molecule has 112 valence electrons. The normalized spacial score (nSPS) is 10.8. The van der Waals surface area contributed by atoms with Gasteiger partial charge >= 0.3 is 0 Å². The first-order valence-corrected chi connectivity index (χ1v) is 6.49. The monoisotopic (exact) mass is 286 g/mol. The number of rotatable bonds is 9. The predicted octanol–water partition coefficient (Wildman–Crippen LogP) is 2.94. The van der Waals surface area contributed by atoms with Gasteiger partial charge in [-0.05, 0) is 26.0 Å². The van der Waals surface area contributed by atoms with Crippen molar-refractivity contribution in [1.82, 2.24) is 0 Å². The van der Waals surface area contributed by atoms with E-state index in [1.165, 1.54) is 12.1 Å². The summed E-state index contributed by atoms with van der Waals surface area (Å²) in [5.74, 6) is -0.635. The molecule has 0 bridgehead atoms. The lowest BCUT2D eigenvalue weighted by Crippen LogP contribution is -2.21. The molecule has 0 amide bonds. The number of nitrogens with one attached hydrogen (secondary N) is 1. The Morgan fingerprint density at radius 2 is 2.00 bits per heavy atom. The van der Waals surface area contributed by atoms with Crippen molar-refractivity contribution in [3.8, 4) is 0 Å². The third kappa shape index (κ3) is 5.10. The van der Waals surface area contributed by atoms with E-state index in [0.29, 0.717) is 26.2 Å². The number of benzene rings is 1. The van der Waals surface area contributed by atoms with E-state index in [2.05, 4.69) is 5.32 Å². The molecule has 0 unspecified atom stereocenters. The van der Waals surface area contributed by atoms with Crippen LogP contribution in [-0.4, -0.2) is 31.0 Å². The molecule has 1 rings (SSSR count). The van der Waals surface area contributed by atoms with Crippen molar-refractivity contribution in [2.75, 3.05) is 25.1 Å². The second kappa shape index (κ2) is 8.44. The van der Waals surface area contributed by atoms with Gasteiger partial charge in [0, 0.05) is 26.2 Å². The summed E-state index contributed by atoms with van der Waals surface area (Å²) in [6, 6.07) is 3.42. The van der Waals surface area contributed by atoms with Crippen molar-refractivity contribution < 1.29 is 18.8 Å². The van der Waals surface area contributed by atoms with Crippen LogP contribution in [0.25, 0.3) is 0 Å². The highest BCUT2D eigenvalue weighted by molar-refractivity contribution is 5.61. The fourth-order valence-corrected chi connectivity index (χ4v) is 1.72. The lowest BCUT2D eigenvalue weighted by molar-refractivity contribution is -0.384. The Labute approximate surface area is 117 Å². The maximum Gasteiger partial charge on any atom is 0.295 e. The molecule has 0 aromatic heterocycles. The number of nitro groups is 1. The summed E-state index contributed by atoms with van der Waals surface area (Å²) >= 11 is 0. The smallest absolute Gasteiger partial charge is 0.295 e. The van der Waals surface area contributed by atoms with E-state index in [4.69, 9.17) is 9.47 Å². The Morgan fingerprint density at radius 3 is 2.55 bits per heavy atom. The summed E-state index contributed by atoms with van der Waals surface area (Å²) in [4.78, 5) is 10.2. The number of hydrogen-bond donors (Lipinski definition) is 1. The summed E-state index contributed by atoms with van der Waals surface area (Å²) in [5.41, 5.74) is -0.00230. The van der Waals surface area contributed by atoms with Crippen molar-refractivity contribution in [2.24, 2.45) is 0 Å². The van der Waals surface area contributed by atoms with Crippen LogP contribution in [0.4, 0.5) is 15.8 Å². The Hall–Kier alpha value is -1.73. The molecule has 1 N–H and O–H groups in total. The molecule has 0 saturated carbocycles. The molecule has 1 aromatic rings. The molecule has 0 radical (unpaired) electrons. The second-order valence-corrected chi connectivity index (χ2v) is 3.97. The molecule has 1 aromatic carbocycles. The summed E-state index contributed by atoms with van der Waals surface area (Å²) in [5, 5.41) is 13.7. The fraction of sp³-hybridized carbons (Fsp3) is 0.538. The minimum Gasteiger partial charge on any atom is -0.379 e. The summed E-state index contributed by atoms with van der Waals surface area (Å²) < 4.78 is 23.7. The lowest BCUT2D eigenvalue weighted by atomic mass is 10.2. The van der Waals surface area contributed by atoms with Crippen LogP contribution in [0.15, 0.2) is 18.2 Å². The first-order valence-electron chi connectivity index (χ1n) is 6.49. The molecular weight excluding hydrogens is 267 g/mol. The van der Waals surface area contributed by atoms with Gasteiger partial charge in [-0.25, -0.2) is 4.39 Å². The minimum atomic E-state index is -0.635. The van der Waals surface area contributed by atoms with Crippen molar-refractivity contribution in [2.45, 2.75) is 26.6 Å². The molecule has 0 aliphatic rings.